The van der Waals surface area contributed by atoms with Crippen LogP contribution in [0.4, 0.5) is 0 Å². The molecule has 1 N–H and O–H groups in total. The van der Waals surface area contributed by atoms with Gasteiger partial charge in [-0.15, -0.1) is 0 Å². The number of carbonyl (C=O) groups is 1. The van der Waals surface area contributed by atoms with Crippen LogP contribution < -0.4 is 0 Å². The predicted molar refractivity (Wildman–Crippen MR) is 54.4 cm³/mol. The average molecular weight is 190 g/mol. The minimum atomic E-state index is -0.708. The smallest absolute Gasteiger partial charge is 0.303 e. The molecular formula is C12H14O2. The molecule has 2 nitrogen and oxygen atoms in total. The minimum absolute atomic E-state index is 0.246. The summed E-state index contributed by atoms with van der Waals surface area (Å²) in [5.41, 5.74) is 4.07. The summed E-state index contributed by atoms with van der Waals surface area (Å²) in [6.45, 7) is 0. The van der Waals surface area contributed by atoms with Crippen molar-refractivity contribution in [1.29, 1.82) is 0 Å². The zero-order chi connectivity index (χ0) is 9.97. The molecule has 0 atom stereocenters. The average Bonchev–Trinajstić information content (AvgIpc) is 2.62. The van der Waals surface area contributed by atoms with E-state index >= 15 is 0 Å². The molecule has 0 saturated heterocycles. The zero-order valence-corrected chi connectivity index (χ0v) is 8.12. The Kier molecular flexibility index (Phi) is 2.53. The molecule has 0 aliphatic heterocycles. The third-order valence-electron chi connectivity index (χ3n) is 2.85. The van der Waals surface area contributed by atoms with Gasteiger partial charge in [-0.1, -0.05) is 18.2 Å². The van der Waals surface area contributed by atoms with Crippen molar-refractivity contribution in [2.75, 3.05) is 0 Å². The van der Waals surface area contributed by atoms with E-state index in [1.165, 1.54) is 23.1 Å². The Labute approximate surface area is 83.6 Å². The van der Waals surface area contributed by atoms with Crippen molar-refractivity contribution in [2.45, 2.75) is 32.1 Å². The van der Waals surface area contributed by atoms with Gasteiger partial charge in [0.05, 0.1) is 0 Å². The van der Waals surface area contributed by atoms with Gasteiger partial charge >= 0.3 is 5.97 Å². The molecule has 0 bridgehead atoms. The van der Waals surface area contributed by atoms with Crippen LogP contribution in [0.3, 0.4) is 0 Å². The quantitative estimate of drug-likeness (QED) is 0.793. The van der Waals surface area contributed by atoms with Gasteiger partial charge in [0.2, 0.25) is 0 Å². The summed E-state index contributed by atoms with van der Waals surface area (Å²) in [5.74, 6) is -0.708. The van der Waals surface area contributed by atoms with Gasteiger partial charge < -0.3 is 5.11 Å². The van der Waals surface area contributed by atoms with E-state index in [0.717, 1.165) is 12.8 Å². The molecule has 0 amide bonds. The summed E-state index contributed by atoms with van der Waals surface area (Å²) < 4.78 is 0. The first kappa shape index (κ1) is 9.25. The Morgan fingerprint density at radius 2 is 2.21 bits per heavy atom. The van der Waals surface area contributed by atoms with Crippen LogP contribution in [0.25, 0.3) is 0 Å². The van der Waals surface area contributed by atoms with Crippen molar-refractivity contribution in [1.82, 2.24) is 0 Å². The number of aliphatic carboxylic acids is 1. The van der Waals surface area contributed by atoms with E-state index in [9.17, 15) is 4.79 Å². The van der Waals surface area contributed by atoms with Crippen LogP contribution in [0, 0.1) is 0 Å². The topological polar surface area (TPSA) is 37.3 Å². The SMILES string of the molecule is O=C(O)CCc1cccc2c1CCC2. The van der Waals surface area contributed by atoms with Crippen molar-refractivity contribution in [3.8, 4) is 0 Å². The molecule has 2 heteroatoms. The second-order valence-electron chi connectivity index (χ2n) is 3.80. The maximum absolute atomic E-state index is 10.5. The highest BCUT2D eigenvalue weighted by atomic mass is 16.4. The summed E-state index contributed by atoms with van der Waals surface area (Å²) in [7, 11) is 0. The largest absolute Gasteiger partial charge is 0.481 e. The molecule has 1 aromatic rings. The molecule has 74 valence electrons. The fraction of sp³-hybridized carbons (Fsp3) is 0.417. The lowest BCUT2D eigenvalue weighted by Crippen LogP contribution is -2.00. The first-order valence-electron chi connectivity index (χ1n) is 5.09. The number of aryl methyl sites for hydroxylation is 2. The first-order valence-corrected chi connectivity index (χ1v) is 5.09. The van der Waals surface area contributed by atoms with Crippen molar-refractivity contribution < 1.29 is 9.90 Å². The van der Waals surface area contributed by atoms with Gasteiger partial charge in [0.25, 0.3) is 0 Å². The van der Waals surface area contributed by atoms with E-state index in [4.69, 9.17) is 5.11 Å². The van der Waals surface area contributed by atoms with Gasteiger partial charge in [-0.3, -0.25) is 4.79 Å². The molecular weight excluding hydrogens is 176 g/mol. The monoisotopic (exact) mass is 190 g/mol. The second kappa shape index (κ2) is 3.82. The van der Waals surface area contributed by atoms with Gasteiger partial charge in [0.1, 0.15) is 0 Å². The van der Waals surface area contributed by atoms with E-state index in [1.54, 1.807) is 0 Å². The summed E-state index contributed by atoms with van der Waals surface area (Å²) in [6.07, 6.45) is 4.44. The Bertz CT molecular complexity index is 355. The highest BCUT2D eigenvalue weighted by Gasteiger charge is 2.14. The molecule has 0 heterocycles. The number of hydrogen-bond donors (Lipinski definition) is 1. The van der Waals surface area contributed by atoms with Crippen molar-refractivity contribution in [3.05, 3.63) is 34.9 Å². The van der Waals surface area contributed by atoms with Crippen LogP contribution in [0.5, 0.6) is 0 Å². The fourth-order valence-electron chi connectivity index (χ4n) is 2.17. The molecule has 0 fully saturated rings. The van der Waals surface area contributed by atoms with Crippen LogP contribution in [0.2, 0.25) is 0 Å². The summed E-state index contributed by atoms with van der Waals surface area (Å²) >= 11 is 0. The number of rotatable bonds is 3. The summed E-state index contributed by atoms with van der Waals surface area (Å²) in [5, 5.41) is 8.62. The van der Waals surface area contributed by atoms with E-state index in [2.05, 4.69) is 12.1 Å². The van der Waals surface area contributed by atoms with E-state index in [-0.39, 0.29) is 6.42 Å². The molecule has 0 saturated carbocycles. The normalized spacial score (nSPS) is 14.0. The van der Waals surface area contributed by atoms with E-state index in [0.29, 0.717) is 6.42 Å². The molecule has 0 unspecified atom stereocenters. The fourth-order valence-corrected chi connectivity index (χ4v) is 2.17. The van der Waals surface area contributed by atoms with Crippen LogP contribution >= 0.6 is 0 Å². The molecule has 1 aromatic carbocycles. The third-order valence-corrected chi connectivity index (χ3v) is 2.85. The molecule has 0 radical (unpaired) electrons. The number of carboxylic acid groups (broad SMARTS) is 1. The van der Waals surface area contributed by atoms with Crippen molar-refractivity contribution >= 4 is 5.97 Å². The van der Waals surface area contributed by atoms with Gasteiger partial charge in [0.15, 0.2) is 0 Å². The van der Waals surface area contributed by atoms with Gasteiger partial charge in [0, 0.05) is 6.42 Å². The maximum Gasteiger partial charge on any atom is 0.303 e. The van der Waals surface area contributed by atoms with Crippen molar-refractivity contribution in [2.24, 2.45) is 0 Å². The third kappa shape index (κ3) is 1.79. The Balaban J connectivity index is 2.17. The molecule has 14 heavy (non-hydrogen) atoms. The number of benzene rings is 1. The lowest BCUT2D eigenvalue weighted by molar-refractivity contribution is -0.136. The highest BCUT2D eigenvalue weighted by Crippen LogP contribution is 2.25. The molecule has 0 aromatic heterocycles. The van der Waals surface area contributed by atoms with Gasteiger partial charge in [-0.25, -0.2) is 0 Å². The molecule has 2 rings (SSSR count). The summed E-state index contributed by atoms with van der Waals surface area (Å²) in [4.78, 5) is 10.5. The van der Waals surface area contributed by atoms with Crippen molar-refractivity contribution in [3.63, 3.8) is 0 Å². The molecule has 0 spiro atoms. The van der Waals surface area contributed by atoms with Crippen LogP contribution in [0.15, 0.2) is 18.2 Å². The standard InChI is InChI=1S/C12H14O2/c13-12(14)8-7-10-4-1-3-9-5-2-6-11(9)10/h1,3-4H,2,5-8H2,(H,13,14). The molecule has 1 aliphatic rings. The first-order chi connectivity index (χ1) is 6.77. The Morgan fingerprint density at radius 1 is 1.36 bits per heavy atom. The van der Waals surface area contributed by atoms with Crippen LogP contribution in [-0.4, -0.2) is 11.1 Å². The van der Waals surface area contributed by atoms with Crippen LogP contribution in [-0.2, 0) is 24.1 Å². The predicted octanol–water partition coefficient (Wildman–Crippen LogP) is 2.19. The number of carboxylic acids is 1. The Morgan fingerprint density at radius 3 is 3.00 bits per heavy atom. The van der Waals surface area contributed by atoms with Gasteiger partial charge in [-0.05, 0) is 42.4 Å². The highest BCUT2D eigenvalue weighted by molar-refractivity contribution is 5.67. The number of fused-ring (bicyclic) bond motifs is 1. The minimum Gasteiger partial charge on any atom is -0.481 e. The summed E-state index contributed by atoms with van der Waals surface area (Å²) in [6, 6.07) is 6.26. The van der Waals surface area contributed by atoms with E-state index < -0.39 is 5.97 Å². The second-order valence-corrected chi connectivity index (χ2v) is 3.80. The van der Waals surface area contributed by atoms with Gasteiger partial charge in [-0.2, -0.15) is 0 Å². The lowest BCUT2D eigenvalue weighted by atomic mass is 10.00. The lowest BCUT2D eigenvalue weighted by Gasteiger charge is -2.06. The van der Waals surface area contributed by atoms with E-state index in [1.807, 2.05) is 6.07 Å². The number of hydrogen-bond acceptors (Lipinski definition) is 1. The Hall–Kier alpha value is -1.31. The van der Waals surface area contributed by atoms with Crippen LogP contribution in [0.1, 0.15) is 29.5 Å². The maximum atomic E-state index is 10.5. The zero-order valence-electron chi connectivity index (χ0n) is 8.12. The molecule has 1 aliphatic carbocycles.